The molecule has 118 valence electrons. The first-order valence-electron chi connectivity index (χ1n) is 6.97. The van der Waals surface area contributed by atoms with Gasteiger partial charge in [-0.25, -0.2) is 4.79 Å². The first-order valence-corrected chi connectivity index (χ1v) is 6.97. The fourth-order valence-electron chi connectivity index (χ4n) is 2.33. The SMILES string of the molecule is CC1CCCN1C(=O)CNC(=O)Oc1ccc([N+](=O)[O-])cc1. The summed E-state index contributed by atoms with van der Waals surface area (Å²) in [6.45, 7) is 2.55. The lowest BCUT2D eigenvalue weighted by molar-refractivity contribution is -0.384. The molecule has 0 radical (unpaired) electrons. The maximum absolute atomic E-state index is 11.9. The summed E-state index contributed by atoms with van der Waals surface area (Å²) in [5.74, 6) is 0.0238. The molecular weight excluding hydrogens is 290 g/mol. The Bertz CT molecular complexity index is 572. The molecule has 1 aliphatic rings. The largest absolute Gasteiger partial charge is 0.413 e. The average molecular weight is 307 g/mol. The fraction of sp³-hybridized carbons (Fsp3) is 0.429. The van der Waals surface area contributed by atoms with Crippen molar-refractivity contribution in [2.75, 3.05) is 13.1 Å². The van der Waals surface area contributed by atoms with Gasteiger partial charge in [0, 0.05) is 24.7 Å². The van der Waals surface area contributed by atoms with E-state index in [-0.39, 0.29) is 29.9 Å². The lowest BCUT2D eigenvalue weighted by Gasteiger charge is -2.21. The molecule has 1 aliphatic heterocycles. The molecular formula is C14H17N3O5. The molecule has 0 saturated carbocycles. The highest BCUT2D eigenvalue weighted by Gasteiger charge is 2.25. The maximum atomic E-state index is 11.9. The summed E-state index contributed by atoms with van der Waals surface area (Å²) in [7, 11) is 0. The molecule has 1 unspecified atom stereocenters. The third kappa shape index (κ3) is 3.94. The van der Waals surface area contributed by atoms with Gasteiger partial charge in [0.1, 0.15) is 12.3 Å². The average Bonchev–Trinajstić information content (AvgIpc) is 2.91. The van der Waals surface area contributed by atoms with Crippen molar-refractivity contribution in [1.82, 2.24) is 10.2 Å². The van der Waals surface area contributed by atoms with Gasteiger partial charge in [0.15, 0.2) is 0 Å². The van der Waals surface area contributed by atoms with Crippen LogP contribution >= 0.6 is 0 Å². The van der Waals surface area contributed by atoms with Gasteiger partial charge in [-0.05, 0) is 31.9 Å². The third-order valence-corrected chi connectivity index (χ3v) is 3.52. The Hall–Kier alpha value is -2.64. The number of nitro benzene ring substituents is 1. The van der Waals surface area contributed by atoms with E-state index in [0.29, 0.717) is 6.54 Å². The lowest BCUT2D eigenvalue weighted by Crippen LogP contribution is -2.42. The Morgan fingerprint density at radius 2 is 2.09 bits per heavy atom. The van der Waals surface area contributed by atoms with Crippen molar-refractivity contribution in [3.8, 4) is 5.75 Å². The Kier molecular flexibility index (Phi) is 4.92. The fourth-order valence-corrected chi connectivity index (χ4v) is 2.33. The van der Waals surface area contributed by atoms with Crippen LogP contribution in [0.15, 0.2) is 24.3 Å². The van der Waals surface area contributed by atoms with Gasteiger partial charge >= 0.3 is 6.09 Å². The second kappa shape index (κ2) is 6.88. The van der Waals surface area contributed by atoms with E-state index in [4.69, 9.17) is 4.74 Å². The Labute approximate surface area is 127 Å². The van der Waals surface area contributed by atoms with Crippen LogP contribution in [-0.2, 0) is 4.79 Å². The number of hydrogen-bond acceptors (Lipinski definition) is 5. The third-order valence-electron chi connectivity index (χ3n) is 3.52. The summed E-state index contributed by atoms with van der Waals surface area (Å²) in [6, 6.07) is 5.31. The van der Waals surface area contributed by atoms with E-state index in [1.165, 1.54) is 24.3 Å². The highest BCUT2D eigenvalue weighted by Crippen LogP contribution is 2.18. The van der Waals surface area contributed by atoms with Crippen LogP contribution in [0.4, 0.5) is 10.5 Å². The molecule has 2 rings (SSSR count). The van der Waals surface area contributed by atoms with E-state index >= 15 is 0 Å². The first-order chi connectivity index (χ1) is 10.5. The number of non-ortho nitro benzene ring substituents is 1. The number of carbonyl (C=O) groups is 2. The molecule has 0 aromatic heterocycles. The molecule has 1 saturated heterocycles. The molecule has 0 aliphatic carbocycles. The number of ether oxygens (including phenoxy) is 1. The number of nitrogens with zero attached hydrogens (tertiary/aromatic N) is 2. The molecule has 8 heteroatoms. The molecule has 0 bridgehead atoms. The maximum Gasteiger partial charge on any atom is 0.413 e. The van der Waals surface area contributed by atoms with E-state index in [9.17, 15) is 19.7 Å². The predicted octanol–water partition coefficient (Wildman–Crippen LogP) is 1.69. The highest BCUT2D eigenvalue weighted by molar-refractivity contribution is 5.83. The van der Waals surface area contributed by atoms with Gasteiger partial charge in [0.05, 0.1) is 4.92 Å². The molecule has 2 amide bonds. The van der Waals surface area contributed by atoms with Crippen molar-refractivity contribution < 1.29 is 19.2 Å². The number of hydrogen-bond donors (Lipinski definition) is 1. The first kappa shape index (κ1) is 15.7. The Balaban J connectivity index is 1.80. The normalized spacial score (nSPS) is 17.1. The van der Waals surface area contributed by atoms with Crippen LogP contribution in [0.25, 0.3) is 0 Å². The van der Waals surface area contributed by atoms with Gasteiger partial charge in [0.2, 0.25) is 5.91 Å². The minimum atomic E-state index is -0.769. The summed E-state index contributed by atoms with van der Waals surface area (Å²) in [5.41, 5.74) is -0.0917. The number of nitrogens with one attached hydrogen (secondary N) is 1. The van der Waals surface area contributed by atoms with Crippen LogP contribution in [0, 0.1) is 10.1 Å². The van der Waals surface area contributed by atoms with Crippen LogP contribution in [0.5, 0.6) is 5.75 Å². The molecule has 1 fully saturated rings. The standard InChI is InChI=1S/C14H17N3O5/c1-10-3-2-8-16(10)13(18)9-15-14(19)22-12-6-4-11(5-7-12)17(20)21/h4-7,10H,2-3,8-9H2,1H3,(H,15,19). The van der Waals surface area contributed by atoms with Gasteiger partial charge in [-0.1, -0.05) is 0 Å². The molecule has 0 spiro atoms. The number of likely N-dealkylation sites (tertiary alicyclic amines) is 1. The number of benzene rings is 1. The zero-order chi connectivity index (χ0) is 16.1. The van der Waals surface area contributed by atoms with E-state index in [0.717, 1.165) is 12.8 Å². The lowest BCUT2D eigenvalue weighted by atomic mass is 10.2. The minimum Gasteiger partial charge on any atom is -0.410 e. The van der Waals surface area contributed by atoms with E-state index in [1.807, 2.05) is 6.92 Å². The quantitative estimate of drug-likeness (QED) is 0.673. The van der Waals surface area contributed by atoms with Gasteiger partial charge in [0.25, 0.3) is 5.69 Å². The Morgan fingerprint density at radius 1 is 1.41 bits per heavy atom. The van der Waals surface area contributed by atoms with Crippen LogP contribution < -0.4 is 10.1 Å². The Morgan fingerprint density at radius 3 is 2.64 bits per heavy atom. The van der Waals surface area contributed by atoms with Gasteiger partial charge in [-0.3, -0.25) is 14.9 Å². The summed E-state index contributed by atoms with van der Waals surface area (Å²) >= 11 is 0. The summed E-state index contributed by atoms with van der Waals surface area (Å²) in [6.07, 6.45) is 1.17. The number of carbonyl (C=O) groups excluding carboxylic acids is 2. The van der Waals surface area contributed by atoms with Crippen molar-refractivity contribution in [1.29, 1.82) is 0 Å². The number of rotatable bonds is 4. The monoisotopic (exact) mass is 307 g/mol. The van der Waals surface area contributed by atoms with Gasteiger partial charge < -0.3 is 15.0 Å². The molecule has 8 nitrogen and oxygen atoms in total. The zero-order valence-electron chi connectivity index (χ0n) is 12.2. The van der Waals surface area contributed by atoms with Gasteiger partial charge in [-0.2, -0.15) is 0 Å². The summed E-state index contributed by atoms with van der Waals surface area (Å²) in [4.78, 5) is 35.2. The smallest absolute Gasteiger partial charge is 0.410 e. The molecule has 1 atom stereocenters. The molecule has 1 aromatic rings. The zero-order valence-corrected chi connectivity index (χ0v) is 12.2. The summed E-state index contributed by atoms with van der Waals surface area (Å²) in [5, 5.41) is 12.9. The van der Waals surface area contributed by atoms with Crippen LogP contribution in [-0.4, -0.2) is 41.0 Å². The van der Waals surface area contributed by atoms with Crippen molar-refractivity contribution in [2.45, 2.75) is 25.8 Å². The second-order valence-electron chi connectivity index (χ2n) is 5.07. The predicted molar refractivity (Wildman–Crippen MR) is 77.5 cm³/mol. The van der Waals surface area contributed by atoms with E-state index < -0.39 is 11.0 Å². The van der Waals surface area contributed by atoms with Crippen molar-refractivity contribution >= 4 is 17.7 Å². The van der Waals surface area contributed by atoms with Crippen molar-refractivity contribution in [3.05, 3.63) is 34.4 Å². The molecule has 22 heavy (non-hydrogen) atoms. The van der Waals surface area contributed by atoms with E-state index in [1.54, 1.807) is 4.90 Å². The summed E-state index contributed by atoms with van der Waals surface area (Å²) < 4.78 is 4.95. The van der Waals surface area contributed by atoms with Crippen molar-refractivity contribution in [3.63, 3.8) is 0 Å². The number of amides is 2. The number of nitro groups is 1. The highest BCUT2D eigenvalue weighted by atomic mass is 16.6. The van der Waals surface area contributed by atoms with Crippen LogP contribution in [0.3, 0.4) is 0 Å². The van der Waals surface area contributed by atoms with Crippen LogP contribution in [0.1, 0.15) is 19.8 Å². The topological polar surface area (TPSA) is 102 Å². The van der Waals surface area contributed by atoms with Crippen LogP contribution in [0.2, 0.25) is 0 Å². The second-order valence-corrected chi connectivity index (χ2v) is 5.07. The minimum absolute atomic E-state index is 0.0917. The van der Waals surface area contributed by atoms with Crippen molar-refractivity contribution in [2.24, 2.45) is 0 Å². The van der Waals surface area contributed by atoms with Gasteiger partial charge in [-0.15, -0.1) is 0 Å². The van der Waals surface area contributed by atoms with E-state index in [2.05, 4.69) is 5.32 Å². The molecule has 1 N–H and O–H groups in total. The molecule has 1 heterocycles. The molecule has 1 aromatic carbocycles.